The van der Waals surface area contributed by atoms with Crippen LogP contribution in [0.1, 0.15) is 49.5 Å². The highest BCUT2D eigenvalue weighted by Crippen LogP contribution is 2.27. The van der Waals surface area contributed by atoms with Crippen LogP contribution in [0.15, 0.2) is 72.5 Å². The molecule has 1 aliphatic rings. The van der Waals surface area contributed by atoms with Crippen molar-refractivity contribution < 1.29 is 33.4 Å². The number of amidine groups is 1. The largest absolute Gasteiger partial charge is 0.463 e. The standard InChI is InChI=1S/C31H35N3O7/c1-6-19-40-30(38)33-26(32)23-11-7-20(8-12-23)21-9-13-24(14-10-21)27(35)34-17-15-22(16-18-34)25(28(36)39-5)41-29(37)31(2,3)4/h6-14H,1,15-19H2,2-5H3,(H2,32,33,38). The summed E-state index contributed by atoms with van der Waals surface area (Å²) >= 11 is 0. The summed E-state index contributed by atoms with van der Waals surface area (Å²) in [5.41, 5.74) is 2.65. The molecule has 10 nitrogen and oxygen atoms in total. The fourth-order valence-corrected chi connectivity index (χ4v) is 3.97. The molecule has 0 bridgehead atoms. The Labute approximate surface area is 239 Å². The number of esters is 2. The Bertz CT molecular complexity index is 1340. The molecule has 10 heteroatoms. The lowest BCUT2D eigenvalue weighted by Crippen LogP contribution is -2.37. The summed E-state index contributed by atoms with van der Waals surface area (Å²) in [5, 5.41) is 10.4. The van der Waals surface area contributed by atoms with Gasteiger partial charge in [-0.1, -0.05) is 49.1 Å². The Kier molecular flexibility index (Phi) is 10.2. The van der Waals surface area contributed by atoms with E-state index in [1.165, 1.54) is 13.2 Å². The quantitative estimate of drug-likeness (QED) is 0.0939. The van der Waals surface area contributed by atoms with Gasteiger partial charge in [0.2, 0.25) is 5.76 Å². The van der Waals surface area contributed by atoms with Crippen LogP contribution in [-0.4, -0.2) is 61.5 Å². The Morgan fingerprint density at radius 2 is 1.49 bits per heavy atom. The van der Waals surface area contributed by atoms with Gasteiger partial charge in [-0.05, 0) is 62.4 Å². The van der Waals surface area contributed by atoms with Gasteiger partial charge in [-0.2, -0.15) is 0 Å². The van der Waals surface area contributed by atoms with Crippen LogP contribution in [0.25, 0.3) is 11.1 Å². The minimum atomic E-state index is -0.786. The predicted molar refractivity (Wildman–Crippen MR) is 153 cm³/mol. The molecule has 0 saturated carbocycles. The number of nitrogens with one attached hydrogen (secondary N) is 2. The van der Waals surface area contributed by atoms with Crippen molar-refractivity contribution in [2.75, 3.05) is 26.8 Å². The first-order chi connectivity index (χ1) is 19.4. The third kappa shape index (κ3) is 8.14. The summed E-state index contributed by atoms with van der Waals surface area (Å²) < 4.78 is 15.1. The topological polar surface area (TPSA) is 135 Å². The van der Waals surface area contributed by atoms with Gasteiger partial charge < -0.3 is 19.1 Å². The van der Waals surface area contributed by atoms with Gasteiger partial charge in [-0.25, -0.2) is 9.59 Å². The zero-order chi connectivity index (χ0) is 30.2. The Hall–Kier alpha value is -4.73. The maximum absolute atomic E-state index is 13.2. The molecule has 2 aromatic carbocycles. The minimum Gasteiger partial charge on any atom is -0.463 e. The number of rotatable bonds is 7. The molecule has 2 N–H and O–H groups in total. The normalized spacial score (nSPS) is 13.1. The molecular formula is C31H35N3O7. The molecule has 2 amide bonds. The Morgan fingerprint density at radius 3 is 1.98 bits per heavy atom. The zero-order valence-electron chi connectivity index (χ0n) is 23.7. The van der Waals surface area contributed by atoms with E-state index in [0.717, 1.165) is 11.1 Å². The molecule has 216 valence electrons. The number of nitrogens with zero attached hydrogens (tertiary/aromatic N) is 1. The number of carbonyl (C=O) groups is 4. The number of alkyl carbamates (subject to hydrolysis) is 1. The van der Waals surface area contributed by atoms with E-state index in [1.54, 1.807) is 49.9 Å². The highest BCUT2D eigenvalue weighted by molar-refractivity contribution is 6.04. The Balaban J connectivity index is 1.63. The summed E-state index contributed by atoms with van der Waals surface area (Å²) in [6.45, 7) is 9.36. The van der Waals surface area contributed by atoms with E-state index in [4.69, 9.17) is 19.6 Å². The Morgan fingerprint density at radius 1 is 0.951 bits per heavy atom. The molecule has 0 atom stereocenters. The maximum Gasteiger partial charge on any atom is 0.413 e. The third-order valence-corrected chi connectivity index (χ3v) is 6.35. The lowest BCUT2D eigenvalue weighted by molar-refractivity contribution is -0.155. The molecule has 0 aliphatic carbocycles. The van der Waals surface area contributed by atoms with Gasteiger partial charge in [0, 0.05) is 24.2 Å². The third-order valence-electron chi connectivity index (χ3n) is 6.35. The van der Waals surface area contributed by atoms with Crippen LogP contribution >= 0.6 is 0 Å². The van der Waals surface area contributed by atoms with Crippen molar-refractivity contribution in [3.05, 3.63) is 83.6 Å². The maximum atomic E-state index is 13.2. The highest BCUT2D eigenvalue weighted by atomic mass is 16.6. The van der Waals surface area contributed by atoms with E-state index in [-0.39, 0.29) is 24.1 Å². The number of piperidine rings is 1. The second kappa shape index (κ2) is 13.6. The van der Waals surface area contributed by atoms with Gasteiger partial charge in [0.15, 0.2) is 0 Å². The first-order valence-corrected chi connectivity index (χ1v) is 13.1. The lowest BCUT2D eigenvalue weighted by Gasteiger charge is -2.29. The molecule has 1 fully saturated rings. The SMILES string of the molecule is C=CCOC(=O)NC(=N)c1ccc(-c2ccc(C(=O)N3CCC(=C(OC(=O)C(C)(C)C)C(=O)OC)CC3)cc2)cc1. The van der Waals surface area contributed by atoms with Gasteiger partial charge in [-0.3, -0.25) is 20.3 Å². The molecule has 0 unspecified atom stereocenters. The van der Waals surface area contributed by atoms with Crippen LogP contribution in [0, 0.1) is 10.8 Å². The molecule has 1 heterocycles. The summed E-state index contributed by atoms with van der Waals surface area (Å²) in [6, 6.07) is 14.3. The smallest absolute Gasteiger partial charge is 0.413 e. The number of amides is 2. The predicted octanol–water partition coefficient (Wildman–Crippen LogP) is 4.84. The summed E-state index contributed by atoms with van der Waals surface area (Å²) in [5.74, 6) is -1.55. The van der Waals surface area contributed by atoms with Gasteiger partial charge in [0.1, 0.15) is 12.4 Å². The number of hydrogen-bond acceptors (Lipinski definition) is 8. The number of benzene rings is 2. The molecule has 0 radical (unpaired) electrons. The number of hydrogen-bond donors (Lipinski definition) is 2. The van der Waals surface area contributed by atoms with Crippen LogP contribution in [-0.2, 0) is 23.8 Å². The summed E-state index contributed by atoms with van der Waals surface area (Å²) in [6.07, 6.45) is 1.48. The van der Waals surface area contributed by atoms with Crippen molar-refractivity contribution in [1.82, 2.24) is 10.2 Å². The van der Waals surface area contributed by atoms with E-state index >= 15 is 0 Å². The van der Waals surface area contributed by atoms with E-state index in [2.05, 4.69) is 11.9 Å². The van der Waals surface area contributed by atoms with Crippen LogP contribution in [0.4, 0.5) is 4.79 Å². The molecular weight excluding hydrogens is 526 g/mol. The van der Waals surface area contributed by atoms with Gasteiger partial charge in [-0.15, -0.1) is 0 Å². The first-order valence-electron chi connectivity index (χ1n) is 13.1. The van der Waals surface area contributed by atoms with Crippen molar-refractivity contribution in [2.24, 2.45) is 5.41 Å². The average molecular weight is 562 g/mol. The summed E-state index contributed by atoms with van der Waals surface area (Å²) in [4.78, 5) is 51.2. The number of methoxy groups -OCH3 is 1. The van der Waals surface area contributed by atoms with Crippen LogP contribution in [0.5, 0.6) is 0 Å². The second-order valence-electron chi connectivity index (χ2n) is 10.4. The van der Waals surface area contributed by atoms with E-state index in [9.17, 15) is 19.2 Å². The minimum absolute atomic E-state index is 0.0531. The highest BCUT2D eigenvalue weighted by Gasteiger charge is 2.31. The zero-order valence-corrected chi connectivity index (χ0v) is 23.7. The average Bonchev–Trinajstić information content (AvgIpc) is 2.97. The number of carbonyl (C=O) groups excluding carboxylic acids is 4. The fraction of sp³-hybridized carbons (Fsp3) is 0.323. The van der Waals surface area contributed by atoms with Crippen molar-refractivity contribution >= 4 is 29.8 Å². The first kappa shape index (κ1) is 30.8. The van der Waals surface area contributed by atoms with Crippen molar-refractivity contribution in [3.8, 4) is 11.1 Å². The monoisotopic (exact) mass is 561 g/mol. The van der Waals surface area contributed by atoms with Crippen molar-refractivity contribution in [3.63, 3.8) is 0 Å². The lowest BCUT2D eigenvalue weighted by atomic mass is 9.97. The summed E-state index contributed by atoms with van der Waals surface area (Å²) in [7, 11) is 1.23. The van der Waals surface area contributed by atoms with Gasteiger partial charge in [0.25, 0.3) is 5.91 Å². The van der Waals surface area contributed by atoms with E-state index in [0.29, 0.717) is 42.6 Å². The molecule has 0 aromatic heterocycles. The van der Waals surface area contributed by atoms with Gasteiger partial charge >= 0.3 is 18.0 Å². The number of likely N-dealkylation sites (tertiary alicyclic amines) is 1. The van der Waals surface area contributed by atoms with Crippen LogP contribution < -0.4 is 5.32 Å². The van der Waals surface area contributed by atoms with Gasteiger partial charge in [0.05, 0.1) is 12.5 Å². The van der Waals surface area contributed by atoms with Crippen LogP contribution in [0.3, 0.4) is 0 Å². The molecule has 41 heavy (non-hydrogen) atoms. The van der Waals surface area contributed by atoms with E-state index in [1.807, 2.05) is 24.3 Å². The molecule has 2 aromatic rings. The second-order valence-corrected chi connectivity index (χ2v) is 10.4. The molecule has 1 saturated heterocycles. The molecule has 3 rings (SSSR count). The fourth-order valence-electron chi connectivity index (χ4n) is 3.97. The van der Waals surface area contributed by atoms with E-state index < -0.39 is 23.4 Å². The van der Waals surface area contributed by atoms with Crippen LogP contribution in [0.2, 0.25) is 0 Å². The number of ether oxygens (including phenoxy) is 3. The molecule has 0 spiro atoms. The molecule has 1 aliphatic heterocycles. The van der Waals surface area contributed by atoms with Crippen molar-refractivity contribution in [1.29, 1.82) is 5.41 Å². The van der Waals surface area contributed by atoms with Crippen molar-refractivity contribution in [2.45, 2.75) is 33.6 Å².